The SMILES string of the molecule is CSCC(C)NCc1sccc1Br. The molecule has 1 aromatic heterocycles. The van der Waals surface area contributed by atoms with Crippen molar-refractivity contribution in [3.05, 3.63) is 20.8 Å². The monoisotopic (exact) mass is 279 g/mol. The Kier molecular flexibility index (Phi) is 5.39. The third kappa shape index (κ3) is 4.02. The molecule has 0 saturated carbocycles. The van der Waals surface area contributed by atoms with Gasteiger partial charge in [0.05, 0.1) is 0 Å². The number of halogens is 1. The molecule has 0 bridgehead atoms. The largest absolute Gasteiger partial charge is 0.309 e. The first kappa shape index (κ1) is 11.6. The smallest absolute Gasteiger partial charge is 0.0327 e. The van der Waals surface area contributed by atoms with Crippen molar-refractivity contribution in [1.29, 1.82) is 0 Å². The molecule has 0 saturated heterocycles. The Morgan fingerprint density at radius 2 is 2.46 bits per heavy atom. The lowest BCUT2D eigenvalue weighted by Crippen LogP contribution is -2.27. The van der Waals surface area contributed by atoms with Gasteiger partial charge in [-0.3, -0.25) is 0 Å². The molecule has 0 amide bonds. The van der Waals surface area contributed by atoms with Crippen molar-refractivity contribution >= 4 is 39.0 Å². The summed E-state index contributed by atoms with van der Waals surface area (Å²) in [5, 5.41) is 5.60. The van der Waals surface area contributed by atoms with Crippen LogP contribution in [0.15, 0.2) is 15.9 Å². The highest BCUT2D eigenvalue weighted by molar-refractivity contribution is 9.10. The summed E-state index contributed by atoms with van der Waals surface area (Å²) in [6.07, 6.45) is 2.14. The van der Waals surface area contributed by atoms with Crippen molar-refractivity contribution in [3.8, 4) is 0 Å². The van der Waals surface area contributed by atoms with Crippen LogP contribution in [0.25, 0.3) is 0 Å². The molecule has 1 atom stereocenters. The van der Waals surface area contributed by atoms with Crippen LogP contribution in [0.4, 0.5) is 0 Å². The quantitative estimate of drug-likeness (QED) is 0.887. The second-order valence-electron chi connectivity index (χ2n) is 2.93. The van der Waals surface area contributed by atoms with Crippen LogP contribution in [-0.4, -0.2) is 18.1 Å². The van der Waals surface area contributed by atoms with E-state index in [1.54, 1.807) is 11.3 Å². The van der Waals surface area contributed by atoms with Gasteiger partial charge in [0.25, 0.3) is 0 Å². The fourth-order valence-electron chi connectivity index (χ4n) is 1.03. The lowest BCUT2D eigenvalue weighted by Gasteiger charge is -2.11. The third-order valence-electron chi connectivity index (χ3n) is 1.72. The molecule has 0 aliphatic rings. The first-order chi connectivity index (χ1) is 6.24. The highest BCUT2D eigenvalue weighted by Crippen LogP contribution is 2.22. The fourth-order valence-corrected chi connectivity index (χ4v) is 3.09. The number of hydrogen-bond donors (Lipinski definition) is 1. The molecule has 1 rings (SSSR count). The van der Waals surface area contributed by atoms with E-state index in [-0.39, 0.29) is 0 Å². The molecule has 0 radical (unpaired) electrons. The Morgan fingerprint density at radius 3 is 3.00 bits per heavy atom. The van der Waals surface area contributed by atoms with Gasteiger partial charge in [0.2, 0.25) is 0 Å². The van der Waals surface area contributed by atoms with Crippen molar-refractivity contribution in [3.63, 3.8) is 0 Å². The molecule has 1 aromatic rings. The highest BCUT2D eigenvalue weighted by Gasteiger charge is 2.03. The van der Waals surface area contributed by atoms with Crippen molar-refractivity contribution in [2.75, 3.05) is 12.0 Å². The molecule has 1 nitrogen and oxygen atoms in total. The van der Waals surface area contributed by atoms with Gasteiger partial charge in [-0.15, -0.1) is 11.3 Å². The Balaban J connectivity index is 2.30. The number of hydrogen-bond acceptors (Lipinski definition) is 3. The molecule has 1 unspecified atom stereocenters. The normalized spacial score (nSPS) is 13.2. The Labute approximate surface area is 96.4 Å². The average Bonchev–Trinajstić information content (AvgIpc) is 2.48. The van der Waals surface area contributed by atoms with Crippen LogP contribution in [0.2, 0.25) is 0 Å². The maximum atomic E-state index is 3.52. The summed E-state index contributed by atoms with van der Waals surface area (Å²) < 4.78 is 1.22. The van der Waals surface area contributed by atoms with E-state index in [2.05, 4.69) is 45.9 Å². The molecular weight excluding hydrogens is 266 g/mol. The maximum Gasteiger partial charge on any atom is 0.0327 e. The van der Waals surface area contributed by atoms with Crippen molar-refractivity contribution in [2.45, 2.75) is 19.5 Å². The second kappa shape index (κ2) is 6.06. The summed E-state index contributed by atoms with van der Waals surface area (Å²) in [6, 6.07) is 2.69. The van der Waals surface area contributed by atoms with E-state index in [0.29, 0.717) is 6.04 Å². The number of nitrogens with one attached hydrogen (secondary N) is 1. The topological polar surface area (TPSA) is 12.0 Å². The van der Waals surface area contributed by atoms with E-state index >= 15 is 0 Å². The third-order valence-corrected chi connectivity index (χ3v) is 4.48. The van der Waals surface area contributed by atoms with Crippen LogP contribution in [0.1, 0.15) is 11.8 Å². The van der Waals surface area contributed by atoms with Gasteiger partial charge in [0, 0.05) is 27.7 Å². The van der Waals surface area contributed by atoms with E-state index in [0.717, 1.165) is 6.54 Å². The van der Waals surface area contributed by atoms with Crippen LogP contribution in [0, 0.1) is 0 Å². The van der Waals surface area contributed by atoms with Crippen LogP contribution in [0.3, 0.4) is 0 Å². The zero-order chi connectivity index (χ0) is 9.68. The standard InChI is InChI=1S/C9H14BrNS2/c1-7(6-12-2)11-5-9-8(10)3-4-13-9/h3-4,7,11H,5-6H2,1-2H3. The van der Waals surface area contributed by atoms with Gasteiger partial charge in [-0.05, 0) is 40.6 Å². The first-order valence-corrected chi connectivity index (χ1v) is 7.25. The lowest BCUT2D eigenvalue weighted by atomic mass is 10.3. The summed E-state index contributed by atoms with van der Waals surface area (Å²) in [7, 11) is 0. The molecular formula is C9H14BrNS2. The average molecular weight is 280 g/mol. The Morgan fingerprint density at radius 1 is 1.69 bits per heavy atom. The molecule has 1 N–H and O–H groups in total. The van der Waals surface area contributed by atoms with Crippen molar-refractivity contribution in [1.82, 2.24) is 5.32 Å². The van der Waals surface area contributed by atoms with E-state index in [1.165, 1.54) is 15.1 Å². The van der Waals surface area contributed by atoms with E-state index in [9.17, 15) is 0 Å². The van der Waals surface area contributed by atoms with Crippen LogP contribution < -0.4 is 5.32 Å². The summed E-state index contributed by atoms with van der Waals surface area (Å²) >= 11 is 7.19. The molecule has 0 aromatic carbocycles. The molecule has 0 fully saturated rings. The van der Waals surface area contributed by atoms with Gasteiger partial charge in [-0.2, -0.15) is 11.8 Å². The minimum Gasteiger partial charge on any atom is -0.309 e. The Bertz CT molecular complexity index is 250. The molecule has 0 spiro atoms. The van der Waals surface area contributed by atoms with Gasteiger partial charge < -0.3 is 5.32 Å². The first-order valence-electron chi connectivity index (χ1n) is 4.18. The maximum absolute atomic E-state index is 3.52. The molecule has 13 heavy (non-hydrogen) atoms. The molecule has 4 heteroatoms. The number of thioether (sulfide) groups is 1. The number of rotatable bonds is 5. The zero-order valence-electron chi connectivity index (χ0n) is 7.84. The van der Waals surface area contributed by atoms with Gasteiger partial charge >= 0.3 is 0 Å². The fraction of sp³-hybridized carbons (Fsp3) is 0.556. The molecule has 74 valence electrons. The highest BCUT2D eigenvalue weighted by atomic mass is 79.9. The summed E-state index contributed by atoms with van der Waals surface area (Å²) in [5.41, 5.74) is 0. The predicted octanol–water partition coefficient (Wildman–Crippen LogP) is 3.35. The molecule has 0 aliphatic heterocycles. The van der Waals surface area contributed by atoms with Gasteiger partial charge in [0.1, 0.15) is 0 Å². The van der Waals surface area contributed by atoms with Crippen molar-refractivity contribution < 1.29 is 0 Å². The van der Waals surface area contributed by atoms with Crippen LogP contribution in [0.5, 0.6) is 0 Å². The van der Waals surface area contributed by atoms with Gasteiger partial charge in [-0.1, -0.05) is 0 Å². The summed E-state index contributed by atoms with van der Waals surface area (Å²) in [5.74, 6) is 1.17. The molecule has 1 heterocycles. The summed E-state index contributed by atoms with van der Waals surface area (Å²) in [6.45, 7) is 3.19. The van der Waals surface area contributed by atoms with Gasteiger partial charge in [0.15, 0.2) is 0 Å². The van der Waals surface area contributed by atoms with E-state index < -0.39 is 0 Å². The minimum absolute atomic E-state index is 0.587. The predicted molar refractivity (Wildman–Crippen MR) is 66.7 cm³/mol. The lowest BCUT2D eigenvalue weighted by molar-refractivity contribution is 0.600. The van der Waals surface area contributed by atoms with E-state index in [4.69, 9.17) is 0 Å². The summed E-state index contributed by atoms with van der Waals surface area (Å²) in [4.78, 5) is 1.38. The minimum atomic E-state index is 0.587. The van der Waals surface area contributed by atoms with Crippen LogP contribution in [-0.2, 0) is 6.54 Å². The second-order valence-corrected chi connectivity index (χ2v) is 5.69. The number of thiophene rings is 1. The molecule has 0 aliphatic carbocycles. The zero-order valence-corrected chi connectivity index (χ0v) is 11.1. The van der Waals surface area contributed by atoms with E-state index in [1.807, 2.05) is 11.8 Å². The van der Waals surface area contributed by atoms with Gasteiger partial charge in [-0.25, -0.2) is 0 Å². The Hall–Kier alpha value is 0.490. The van der Waals surface area contributed by atoms with Crippen molar-refractivity contribution in [2.24, 2.45) is 0 Å². The van der Waals surface area contributed by atoms with Crippen LogP contribution >= 0.6 is 39.0 Å².